The summed E-state index contributed by atoms with van der Waals surface area (Å²) in [6.07, 6.45) is 16.4. The van der Waals surface area contributed by atoms with Gasteiger partial charge < -0.3 is 9.47 Å². The number of hydrogen-bond acceptors (Lipinski definition) is 4. The molecule has 0 N–H and O–H groups in total. The molecule has 1 unspecified atom stereocenters. The van der Waals surface area contributed by atoms with Crippen LogP contribution in [0.2, 0.25) is 0 Å². The number of hydrogen-bond donors (Lipinski definition) is 0. The molecule has 0 bridgehead atoms. The number of carbonyl (C=O) groups excluding carboxylic acids is 2. The fourth-order valence-corrected chi connectivity index (χ4v) is 10.4. The Balaban J connectivity index is 1.46. The Morgan fingerprint density at radius 3 is 2.31 bits per heavy atom. The molecule has 3 fully saturated rings. The summed E-state index contributed by atoms with van der Waals surface area (Å²) in [5.74, 6) is 1.52. The fraction of sp³-hybridized carbons (Fsp3) is 0.895. The lowest BCUT2D eigenvalue weighted by molar-refractivity contribution is -0.170. The standard InChI is InChI=1S/C38H64O4/c1-12-33(4,5)32(40)41-25-31(39)42-28-17-20-36(9)27(24-28)15-16-29-35(8)22-23-37(10,30(35)18-21-38(29,36)11)34(6,7)19-13-14-26(2)3/h15,26,28-30H,12-14,16-25H2,1-11H3/t28?,29-,30-,35-,36-,37-,38-/m0/s1. The third kappa shape index (κ3) is 5.53. The van der Waals surface area contributed by atoms with Crippen LogP contribution >= 0.6 is 0 Å². The molecule has 0 amide bonds. The molecule has 4 heteroatoms. The lowest BCUT2D eigenvalue weighted by Crippen LogP contribution is -2.59. The van der Waals surface area contributed by atoms with Gasteiger partial charge in [0.1, 0.15) is 6.10 Å². The molecule has 0 aromatic rings. The zero-order valence-corrected chi connectivity index (χ0v) is 29.2. The van der Waals surface area contributed by atoms with Gasteiger partial charge in [-0.05, 0) is 116 Å². The Bertz CT molecular complexity index is 1050. The van der Waals surface area contributed by atoms with Crippen molar-refractivity contribution in [1.29, 1.82) is 0 Å². The quantitative estimate of drug-likeness (QED) is 0.189. The summed E-state index contributed by atoms with van der Waals surface area (Å²) in [4.78, 5) is 25.0. The van der Waals surface area contributed by atoms with Crippen LogP contribution in [0.3, 0.4) is 0 Å². The smallest absolute Gasteiger partial charge is 0.344 e. The second-order valence-electron chi connectivity index (χ2n) is 17.6. The second kappa shape index (κ2) is 11.6. The molecular weight excluding hydrogens is 520 g/mol. The molecule has 0 radical (unpaired) electrons. The molecule has 240 valence electrons. The zero-order chi connectivity index (χ0) is 31.4. The summed E-state index contributed by atoms with van der Waals surface area (Å²) in [5, 5.41) is 0. The number of esters is 2. The summed E-state index contributed by atoms with van der Waals surface area (Å²) < 4.78 is 11.2. The van der Waals surface area contributed by atoms with E-state index in [0.717, 1.165) is 37.5 Å². The van der Waals surface area contributed by atoms with Gasteiger partial charge in [0.25, 0.3) is 0 Å². The van der Waals surface area contributed by atoms with Crippen LogP contribution in [0.1, 0.15) is 153 Å². The van der Waals surface area contributed by atoms with Crippen LogP contribution in [0.4, 0.5) is 0 Å². The summed E-state index contributed by atoms with van der Waals surface area (Å²) in [6, 6.07) is 0. The molecule has 0 spiro atoms. The van der Waals surface area contributed by atoms with Gasteiger partial charge in [-0.2, -0.15) is 0 Å². The number of ether oxygens (including phenoxy) is 2. The number of allylic oxidation sites excluding steroid dienone is 1. The molecule has 4 aliphatic carbocycles. The normalized spacial score (nSPS) is 38.3. The topological polar surface area (TPSA) is 52.6 Å². The molecule has 0 aromatic carbocycles. The van der Waals surface area contributed by atoms with E-state index in [1.165, 1.54) is 50.5 Å². The molecule has 42 heavy (non-hydrogen) atoms. The van der Waals surface area contributed by atoms with Crippen molar-refractivity contribution in [2.45, 2.75) is 159 Å². The lowest BCUT2D eigenvalue weighted by atomic mass is 9.38. The largest absolute Gasteiger partial charge is 0.460 e. The van der Waals surface area contributed by atoms with Gasteiger partial charge in [-0.1, -0.05) is 86.8 Å². The Kier molecular flexibility index (Phi) is 9.24. The first-order chi connectivity index (χ1) is 19.4. The highest BCUT2D eigenvalue weighted by Crippen LogP contribution is 2.76. The van der Waals surface area contributed by atoms with E-state index < -0.39 is 11.4 Å². The maximum Gasteiger partial charge on any atom is 0.344 e. The van der Waals surface area contributed by atoms with E-state index >= 15 is 0 Å². The monoisotopic (exact) mass is 584 g/mol. The van der Waals surface area contributed by atoms with Gasteiger partial charge in [0.15, 0.2) is 6.61 Å². The summed E-state index contributed by atoms with van der Waals surface area (Å²) in [6.45, 7) is 25.7. The third-order valence-electron chi connectivity index (χ3n) is 14.4. The minimum Gasteiger partial charge on any atom is -0.460 e. The summed E-state index contributed by atoms with van der Waals surface area (Å²) in [5.41, 5.74) is 2.48. The molecule has 7 atom stereocenters. The molecule has 0 saturated heterocycles. The zero-order valence-electron chi connectivity index (χ0n) is 29.2. The predicted molar refractivity (Wildman–Crippen MR) is 172 cm³/mol. The molecule has 4 rings (SSSR count). The number of carbonyl (C=O) groups is 2. The highest BCUT2D eigenvalue weighted by molar-refractivity contribution is 5.79. The highest BCUT2D eigenvalue weighted by Gasteiger charge is 2.68. The maximum atomic E-state index is 12.7. The van der Waals surface area contributed by atoms with Crippen LogP contribution in [0.5, 0.6) is 0 Å². The van der Waals surface area contributed by atoms with Crippen LogP contribution in [-0.2, 0) is 19.1 Å². The molecule has 0 aromatic heterocycles. The van der Waals surface area contributed by atoms with Crippen molar-refractivity contribution in [2.75, 3.05) is 6.61 Å². The summed E-state index contributed by atoms with van der Waals surface area (Å²) >= 11 is 0. The van der Waals surface area contributed by atoms with Crippen molar-refractivity contribution in [3.05, 3.63) is 11.6 Å². The van der Waals surface area contributed by atoms with Gasteiger partial charge in [0.2, 0.25) is 0 Å². The van der Waals surface area contributed by atoms with Gasteiger partial charge in [-0.15, -0.1) is 0 Å². The van der Waals surface area contributed by atoms with Crippen molar-refractivity contribution < 1.29 is 19.1 Å². The van der Waals surface area contributed by atoms with Gasteiger partial charge in [0, 0.05) is 6.42 Å². The second-order valence-corrected chi connectivity index (χ2v) is 17.6. The van der Waals surface area contributed by atoms with Crippen LogP contribution in [-0.4, -0.2) is 24.6 Å². The van der Waals surface area contributed by atoms with Crippen molar-refractivity contribution in [2.24, 2.45) is 50.2 Å². The van der Waals surface area contributed by atoms with Crippen LogP contribution in [0.25, 0.3) is 0 Å². The minimum absolute atomic E-state index is 0.122. The Labute approximate surface area is 258 Å². The molecule has 3 saturated carbocycles. The Morgan fingerprint density at radius 2 is 1.67 bits per heavy atom. The predicted octanol–water partition coefficient (Wildman–Crippen LogP) is 10.1. The first kappa shape index (κ1) is 33.6. The van der Waals surface area contributed by atoms with Crippen molar-refractivity contribution in [3.63, 3.8) is 0 Å². The van der Waals surface area contributed by atoms with Gasteiger partial charge in [-0.3, -0.25) is 4.79 Å². The molecule has 4 aliphatic rings. The van der Waals surface area contributed by atoms with Gasteiger partial charge >= 0.3 is 11.9 Å². The number of rotatable bonds is 10. The maximum absolute atomic E-state index is 12.7. The highest BCUT2D eigenvalue weighted by atomic mass is 16.6. The molecular formula is C38H64O4. The van der Waals surface area contributed by atoms with E-state index in [1.807, 2.05) is 20.8 Å². The van der Waals surface area contributed by atoms with E-state index in [0.29, 0.717) is 28.6 Å². The van der Waals surface area contributed by atoms with E-state index in [-0.39, 0.29) is 29.5 Å². The van der Waals surface area contributed by atoms with E-state index in [1.54, 1.807) is 0 Å². The molecule has 4 nitrogen and oxygen atoms in total. The lowest BCUT2D eigenvalue weighted by Gasteiger charge is -2.66. The molecule has 0 aliphatic heterocycles. The molecule has 0 heterocycles. The van der Waals surface area contributed by atoms with E-state index in [2.05, 4.69) is 61.5 Å². The van der Waals surface area contributed by atoms with Crippen molar-refractivity contribution in [3.8, 4) is 0 Å². The third-order valence-corrected chi connectivity index (χ3v) is 14.4. The average Bonchev–Trinajstić information content (AvgIpc) is 3.19. The average molecular weight is 585 g/mol. The van der Waals surface area contributed by atoms with Crippen molar-refractivity contribution in [1.82, 2.24) is 0 Å². The van der Waals surface area contributed by atoms with E-state index in [4.69, 9.17) is 9.47 Å². The van der Waals surface area contributed by atoms with Crippen LogP contribution in [0, 0.1) is 50.2 Å². The summed E-state index contributed by atoms with van der Waals surface area (Å²) in [7, 11) is 0. The van der Waals surface area contributed by atoms with Crippen molar-refractivity contribution >= 4 is 11.9 Å². The number of fused-ring (bicyclic) bond motifs is 5. The Hall–Kier alpha value is -1.32. The van der Waals surface area contributed by atoms with Crippen LogP contribution in [0.15, 0.2) is 11.6 Å². The first-order valence-electron chi connectivity index (χ1n) is 17.4. The minimum atomic E-state index is -0.582. The fourth-order valence-electron chi connectivity index (χ4n) is 10.4. The first-order valence-corrected chi connectivity index (χ1v) is 17.4. The van der Waals surface area contributed by atoms with Gasteiger partial charge in [-0.25, -0.2) is 4.79 Å². The van der Waals surface area contributed by atoms with Gasteiger partial charge in [0.05, 0.1) is 5.41 Å². The van der Waals surface area contributed by atoms with Crippen LogP contribution < -0.4 is 0 Å². The Morgan fingerprint density at radius 1 is 0.976 bits per heavy atom. The van der Waals surface area contributed by atoms with E-state index in [9.17, 15) is 9.59 Å². The SMILES string of the molecule is CCC(C)(C)C(=O)OCC(=O)OC1CC[C@@]2(C)C(=CC[C@H]3[C@]4(C)CC[C@](C)(C(C)(C)CCCC(C)C)[C@H]4CC[C@@]32C)C1.